The van der Waals surface area contributed by atoms with Crippen molar-refractivity contribution in [2.75, 3.05) is 11.9 Å². The molecule has 3 aromatic rings. The molecule has 0 atom stereocenters. The van der Waals surface area contributed by atoms with E-state index in [1.807, 2.05) is 45.0 Å². The number of aromatic nitrogens is 2. The molecule has 2 heterocycles. The SMILES string of the molecule is Cc1ccc(-n2nc(C)c(NC(=O)COC(=O)c3ccco3)c2C)cc1. The number of rotatable bonds is 5. The van der Waals surface area contributed by atoms with Gasteiger partial charge in [0, 0.05) is 0 Å². The lowest BCUT2D eigenvalue weighted by Gasteiger charge is -2.08. The number of benzene rings is 1. The molecule has 0 saturated heterocycles. The Hall–Kier alpha value is -3.35. The minimum atomic E-state index is -0.686. The number of nitrogens with one attached hydrogen (secondary N) is 1. The zero-order valence-corrected chi connectivity index (χ0v) is 14.8. The van der Waals surface area contributed by atoms with Crippen LogP contribution >= 0.6 is 0 Å². The second kappa shape index (κ2) is 7.26. The molecule has 1 N–H and O–H groups in total. The van der Waals surface area contributed by atoms with E-state index in [2.05, 4.69) is 10.4 Å². The van der Waals surface area contributed by atoms with Crippen LogP contribution in [-0.2, 0) is 9.53 Å². The Morgan fingerprint density at radius 3 is 2.54 bits per heavy atom. The predicted molar refractivity (Wildman–Crippen MR) is 95.4 cm³/mol. The van der Waals surface area contributed by atoms with E-state index in [1.54, 1.807) is 10.7 Å². The fraction of sp³-hybridized carbons (Fsp3) is 0.211. The molecule has 0 fully saturated rings. The molecule has 3 rings (SSSR count). The molecule has 7 heteroatoms. The lowest BCUT2D eigenvalue weighted by molar-refractivity contribution is -0.119. The third-order valence-corrected chi connectivity index (χ3v) is 3.89. The van der Waals surface area contributed by atoms with Gasteiger partial charge in [0.05, 0.1) is 29.0 Å². The Balaban J connectivity index is 1.68. The highest BCUT2D eigenvalue weighted by Crippen LogP contribution is 2.23. The number of esters is 1. The summed E-state index contributed by atoms with van der Waals surface area (Å²) in [5.74, 6) is -1.08. The highest BCUT2D eigenvalue weighted by Gasteiger charge is 2.17. The van der Waals surface area contributed by atoms with Gasteiger partial charge in [0.2, 0.25) is 5.76 Å². The van der Waals surface area contributed by atoms with Gasteiger partial charge < -0.3 is 14.5 Å². The number of carbonyl (C=O) groups is 2. The Morgan fingerprint density at radius 1 is 1.15 bits per heavy atom. The van der Waals surface area contributed by atoms with Crippen molar-refractivity contribution in [2.24, 2.45) is 0 Å². The van der Waals surface area contributed by atoms with E-state index in [0.29, 0.717) is 11.4 Å². The molecule has 7 nitrogen and oxygen atoms in total. The Morgan fingerprint density at radius 2 is 1.88 bits per heavy atom. The Kier molecular flexibility index (Phi) is 4.88. The summed E-state index contributed by atoms with van der Waals surface area (Å²) in [6.45, 7) is 5.28. The first-order valence-corrected chi connectivity index (χ1v) is 8.09. The normalized spacial score (nSPS) is 10.6. The maximum atomic E-state index is 12.1. The summed E-state index contributed by atoms with van der Waals surface area (Å²) >= 11 is 0. The number of hydrogen-bond acceptors (Lipinski definition) is 5. The highest BCUT2D eigenvalue weighted by atomic mass is 16.5. The second-order valence-electron chi connectivity index (χ2n) is 5.89. The molecule has 1 amide bonds. The van der Waals surface area contributed by atoms with Crippen LogP contribution in [0.4, 0.5) is 5.69 Å². The monoisotopic (exact) mass is 353 g/mol. The standard InChI is InChI=1S/C19H19N3O4/c1-12-6-8-15(9-7-12)22-14(3)18(13(2)21-22)20-17(23)11-26-19(24)16-5-4-10-25-16/h4-10H,11H2,1-3H3,(H,20,23). The zero-order chi connectivity index (χ0) is 18.7. The minimum absolute atomic E-state index is 0.0531. The Labute approximate surface area is 150 Å². The number of carbonyl (C=O) groups excluding carboxylic acids is 2. The molecule has 1 aromatic carbocycles. The van der Waals surface area contributed by atoms with Crippen LogP contribution in [0.25, 0.3) is 5.69 Å². The van der Waals surface area contributed by atoms with Gasteiger partial charge in [0.15, 0.2) is 6.61 Å². The van der Waals surface area contributed by atoms with E-state index in [-0.39, 0.29) is 5.76 Å². The van der Waals surface area contributed by atoms with Crippen molar-refractivity contribution in [3.05, 3.63) is 65.4 Å². The highest BCUT2D eigenvalue weighted by molar-refractivity contribution is 5.95. The van der Waals surface area contributed by atoms with Crippen molar-refractivity contribution in [3.63, 3.8) is 0 Å². The topological polar surface area (TPSA) is 86.4 Å². The van der Waals surface area contributed by atoms with Crippen molar-refractivity contribution >= 4 is 17.6 Å². The van der Waals surface area contributed by atoms with Gasteiger partial charge in [-0.2, -0.15) is 5.10 Å². The van der Waals surface area contributed by atoms with Crippen LogP contribution in [0.5, 0.6) is 0 Å². The molecule has 0 aliphatic heterocycles. The molecule has 0 unspecified atom stereocenters. The first kappa shape index (κ1) is 17.5. The number of amides is 1. The fourth-order valence-corrected chi connectivity index (χ4v) is 2.53. The molecule has 0 spiro atoms. The third kappa shape index (κ3) is 3.66. The van der Waals surface area contributed by atoms with Crippen LogP contribution in [-0.4, -0.2) is 28.3 Å². The average molecular weight is 353 g/mol. The zero-order valence-electron chi connectivity index (χ0n) is 14.8. The number of furan rings is 1. The summed E-state index contributed by atoms with van der Waals surface area (Å²) < 4.78 is 11.6. The van der Waals surface area contributed by atoms with Gasteiger partial charge in [-0.3, -0.25) is 4.79 Å². The van der Waals surface area contributed by atoms with E-state index in [0.717, 1.165) is 16.9 Å². The molecule has 26 heavy (non-hydrogen) atoms. The Bertz CT molecular complexity index is 925. The lowest BCUT2D eigenvalue weighted by atomic mass is 10.2. The molecule has 0 saturated carbocycles. The smallest absolute Gasteiger partial charge is 0.374 e. The molecule has 0 bridgehead atoms. The summed E-state index contributed by atoms with van der Waals surface area (Å²) in [6.07, 6.45) is 1.36. The van der Waals surface area contributed by atoms with Gasteiger partial charge in [-0.05, 0) is 45.0 Å². The van der Waals surface area contributed by atoms with Crippen molar-refractivity contribution < 1.29 is 18.7 Å². The molecule has 0 aliphatic carbocycles. The summed E-state index contributed by atoms with van der Waals surface area (Å²) in [5.41, 5.74) is 4.12. The van der Waals surface area contributed by atoms with Crippen LogP contribution in [0.1, 0.15) is 27.5 Å². The van der Waals surface area contributed by atoms with Crippen LogP contribution in [0.15, 0.2) is 47.1 Å². The maximum absolute atomic E-state index is 12.1. The number of aryl methyl sites for hydroxylation is 2. The third-order valence-electron chi connectivity index (χ3n) is 3.89. The van der Waals surface area contributed by atoms with E-state index in [1.165, 1.54) is 12.3 Å². The first-order valence-electron chi connectivity index (χ1n) is 8.09. The lowest BCUT2D eigenvalue weighted by Crippen LogP contribution is -2.21. The summed E-state index contributed by atoms with van der Waals surface area (Å²) in [5, 5.41) is 7.23. The van der Waals surface area contributed by atoms with E-state index in [4.69, 9.17) is 9.15 Å². The van der Waals surface area contributed by atoms with Crippen LogP contribution in [0.2, 0.25) is 0 Å². The summed E-state index contributed by atoms with van der Waals surface area (Å²) in [6, 6.07) is 11.0. The van der Waals surface area contributed by atoms with Gasteiger partial charge in [-0.25, -0.2) is 9.48 Å². The molecule has 2 aromatic heterocycles. The first-order chi connectivity index (χ1) is 12.5. The molecule has 0 aliphatic rings. The molecule has 0 radical (unpaired) electrons. The van der Waals surface area contributed by atoms with Crippen molar-refractivity contribution in [2.45, 2.75) is 20.8 Å². The van der Waals surface area contributed by atoms with E-state index >= 15 is 0 Å². The number of nitrogens with zero attached hydrogens (tertiary/aromatic N) is 2. The van der Waals surface area contributed by atoms with Crippen LogP contribution < -0.4 is 5.32 Å². The number of anilines is 1. The molecular weight excluding hydrogens is 334 g/mol. The second-order valence-corrected chi connectivity index (χ2v) is 5.89. The van der Waals surface area contributed by atoms with Crippen molar-refractivity contribution in [1.82, 2.24) is 9.78 Å². The van der Waals surface area contributed by atoms with Gasteiger partial charge in [-0.15, -0.1) is 0 Å². The fourth-order valence-electron chi connectivity index (χ4n) is 2.53. The van der Waals surface area contributed by atoms with E-state index < -0.39 is 18.5 Å². The minimum Gasteiger partial charge on any atom is -0.457 e. The van der Waals surface area contributed by atoms with Crippen molar-refractivity contribution in [3.8, 4) is 5.69 Å². The number of hydrogen-bond donors (Lipinski definition) is 1. The van der Waals surface area contributed by atoms with Gasteiger partial charge in [0.1, 0.15) is 0 Å². The van der Waals surface area contributed by atoms with Gasteiger partial charge in [0.25, 0.3) is 5.91 Å². The average Bonchev–Trinajstić information content (AvgIpc) is 3.25. The maximum Gasteiger partial charge on any atom is 0.374 e. The number of ether oxygens (including phenoxy) is 1. The molecule has 134 valence electrons. The van der Waals surface area contributed by atoms with Gasteiger partial charge in [-0.1, -0.05) is 17.7 Å². The van der Waals surface area contributed by atoms with E-state index in [9.17, 15) is 9.59 Å². The summed E-state index contributed by atoms with van der Waals surface area (Å²) in [4.78, 5) is 23.8. The molecular formula is C19H19N3O4. The largest absolute Gasteiger partial charge is 0.457 e. The van der Waals surface area contributed by atoms with Crippen LogP contribution in [0, 0.1) is 20.8 Å². The summed E-state index contributed by atoms with van der Waals surface area (Å²) in [7, 11) is 0. The quantitative estimate of drug-likeness (QED) is 0.712. The predicted octanol–water partition coefficient (Wildman–Crippen LogP) is 3.19. The van der Waals surface area contributed by atoms with Gasteiger partial charge >= 0.3 is 5.97 Å². The van der Waals surface area contributed by atoms with Crippen LogP contribution in [0.3, 0.4) is 0 Å². The van der Waals surface area contributed by atoms with Crippen molar-refractivity contribution in [1.29, 1.82) is 0 Å².